The summed E-state index contributed by atoms with van der Waals surface area (Å²) in [5, 5.41) is 9.73. The van der Waals surface area contributed by atoms with Gasteiger partial charge in [0, 0.05) is 0 Å². The van der Waals surface area contributed by atoms with Crippen molar-refractivity contribution in [1.29, 1.82) is 0 Å². The monoisotopic (exact) mass is 157 g/mol. The van der Waals surface area contributed by atoms with Gasteiger partial charge < -0.3 is 10.8 Å². The molecule has 0 bridgehead atoms. The van der Waals surface area contributed by atoms with Crippen molar-refractivity contribution in [2.45, 2.75) is 32.3 Å². The highest BCUT2D eigenvalue weighted by Crippen LogP contribution is 2.47. The van der Waals surface area contributed by atoms with Gasteiger partial charge in [0.15, 0.2) is 0 Å². The molecule has 0 aromatic heterocycles. The first-order chi connectivity index (χ1) is 5.02. The minimum Gasteiger partial charge on any atom is -0.380 e. The molecule has 1 aliphatic carbocycles. The fourth-order valence-electron chi connectivity index (χ4n) is 1.61. The molecule has 3 atom stereocenters. The lowest BCUT2D eigenvalue weighted by Crippen LogP contribution is -2.45. The van der Waals surface area contributed by atoms with Crippen LogP contribution in [-0.2, 0) is 4.79 Å². The van der Waals surface area contributed by atoms with Crippen LogP contribution >= 0.6 is 0 Å². The lowest BCUT2D eigenvalue weighted by Gasteiger charge is -2.22. The lowest BCUT2D eigenvalue weighted by molar-refractivity contribution is -0.139. The second-order valence-electron chi connectivity index (χ2n) is 3.46. The second-order valence-corrected chi connectivity index (χ2v) is 3.46. The molecule has 3 N–H and O–H groups in total. The molecule has 64 valence electrons. The molecule has 1 amide bonds. The van der Waals surface area contributed by atoms with Gasteiger partial charge >= 0.3 is 0 Å². The summed E-state index contributed by atoms with van der Waals surface area (Å²) >= 11 is 0. The Hall–Kier alpha value is -0.570. The Morgan fingerprint density at radius 3 is 2.36 bits per heavy atom. The van der Waals surface area contributed by atoms with E-state index in [2.05, 4.69) is 0 Å². The Kier molecular flexibility index (Phi) is 1.92. The van der Waals surface area contributed by atoms with E-state index in [0.717, 1.165) is 6.42 Å². The van der Waals surface area contributed by atoms with Crippen LogP contribution in [0, 0.1) is 11.8 Å². The molecule has 0 aromatic rings. The normalized spacial score (nSPS) is 34.5. The predicted molar refractivity (Wildman–Crippen MR) is 41.7 cm³/mol. The Morgan fingerprint density at radius 2 is 2.27 bits per heavy atom. The molecule has 0 aromatic carbocycles. The number of hydrogen-bond donors (Lipinski definition) is 2. The van der Waals surface area contributed by atoms with Crippen molar-refractivity contribution in [3.8, 4) is 0 Å². The van der Waals surface area contributed by atoms with Crippen LogP contribution < -0.4 is 5.73 Å². The van der Waals surface area contributed by atoms with E-state index in [1.165, 1.54) is 0 Å². The van der Waals surface area contributed by atoms with Gasteiger partial charge in [0.1, 0.15) is 5.60 Å². The van der Waals surface area contributed by atoms with Gasteiger partial charge in [0.05, 0.1) is 0 Å². The SMILES string of the molecule is CCC(O)(C(N)=O)C1CC1C. The molecule has 0 saturated heterocycles. The van der Waals surface area contributed by atoms with Gasteiger partial charge in [-0.2, -0.15) is 0 Å². The summed E-state index contributed by atoms with van der Waals surface area (Å²) in [5.41, 5.74) is 3.86. The van der Waals surface area contributed by atoms with Gasteiger partial charge in [-0.25, -0.2) is 0 Å². The highest BCUT2D eigenvalue weighted by atomic mass is 16.3. The predicted octanol–water partition coefficient (Wildman–Crippen LogP) is 0.269. The van der Waals surface area contributed by atoms with Gasteiger partial charge in [0.2, 0.25) is 5.91 Å². The van der Waals surface area contributed by atoms with E-state index < -0.39 is 11.5 Å². The Balaban J connectivity index is 2.68. The summed E-state index contributed by atoms with van der Waals surface area (Å²) in [6.07, 6.45) is 1.35. The van der Waals surface area contributed by atoms with Gasteiger partial charge in [-0.05, 0) is 24.7 Å². The molecular formula is C8H15NO2. The molecule has 1 rings (SSSR count). The van der Waals surface area contributed by atoms with Crippen molar-refractivity contribution >= 4 is 5.91 Å². The summed E-state index contributed by atoms with van der Waals surface area (Å²) in [6.45, 7) is 3.81. The molecule has 0 radical (unpaired) electrons. The van der Waals surface area contributed by atoms with Crippen LogP contribution in [0.2, 0.25) is 0 Å². The average Bonchev–Trinajstić information content (AvgIpc) is 2.65. The van der Waals surface area contributed by atoms with Crippen molar-refractivity contribution in [2.24, 2.45) is 17.6 Å². The lowest BCUT2D eigenvalue weighted by atomic mass is 9.93. The number of nitrogens with two attached hydrogens (primary N) is 1. The molecule has 3 heteroatoms. The number of hydrogen-bond acceptors (Lipinski definition) is 2. The summed E-state index contributed by atoms with van der Waals surface area (Å²) in [4.78, 5) is 10.9. The maximum absolute atomic E-state index is 10.9. The summed E-state index contributed by atoms with van der Waals surface area (Å²) < 4.78 is 0. The molecule has 1 fully saturated rings. The molecular weight excluding hydrogens is 142 g/mol. The number of carbonyl (C=O) groups is 1. The van der Waals surface area contributed by atoms with Gasteiger partial charge in [-0.15, -0.1) is 0 Å². The Morgan fingerprint density at radius 1 is 1.82 bits per heavy atom. The highest BCUT2D eigenvalue weighted by Gasteiger charge is 2.52. The van der Waals surface area contributed by atoms with Gasteiger partial charge in [0.25, 0.3) is 0 Å². The number of rotatable bonds is 3. The highest BCUT2D eigenvalue weighted by molar-refractivity contribution is 5.84. The third-order valence-electron chi connectivity index (χ3n) is 2.69. The largest absolute Gasteiger partial charge is 0.380 e. The molecule has 0 heterocycles. The van der Waals surface area contributed by atoms with E-state index in [-0.39, 0.29) is 5.92 Å². The zero-order valence-electron chi connectivity index (χ0n) is 7.00. The van der Waals surface area contributed by atoms with Crippen molar-refractivity contribution in [3.05, 3.63) is 0 Å². The van der Waals surface area contributed by atoms with Crippen LogP contribution in [0.1, 0.15) is 26.7 Å². The van der Waals surface area contributed by atoms with E-state index in [1.807, 2.05) is 6.92 Å². The molecule has 0 aliphatic heterocycles. The van der Waals surface area contributed by atoms with Crippen LogP contribution in [0.15, 0.2) is 0 Å². The van der Waals surface area contributed by atoms with Crippen LogP contribution in [0.3, 0.4) is 0 Å². The van der Waals surface area contributed by atoms with Crippen LogP contribution in [0.5, 0.6) is 0 Å². The molecule has 1 saturated carbocycles. The quantitative estimate of drug-likeness (QED) is 0.617. The third-order valence-corrected chi connectivity index (χ3v) is 2.69. The van der Waals surface area contributed by atoms with E-state index >= 15 is 0 Å². The zero-order chi connectivity index (χ0) is 8.65. The van der Waals surface area contributed by atoms with Crippen molar-refractivity contribution in [1.82, 2.24) is 0 Å². The fourth-order valence-corrected chi connectivity index (χ4v) is 1.61. The van der Waals surface area contributed by atoms with Crippen molar-refractivity contribution < 1.29 is 9.90 Å². The van der Waals surface area contributed by atoms with E-state index in [4.69, 9.17) is 5.73 Å². The molecule has 1 aliphatic rings. The molecule has 0 spiro atoms. The summed E-state index contributed by atoms with van der Waals surface area (Å²) in [6, 6.07) is 0. The van der Waals surface area contributed by atoms with E-state index in [1.54, 1.807) is 6.92 Å². The minimum atomic E-state index is -1.24. The van der Waals surface area contributed by atoms with Crippen molar-refractivity contribution in [3.63, 3.8) is 0 Å². The van der Waals surface area contributed by atoms with Crippen LogP contribution in [0.25, 0.3) is 0 Å². The van der Waals surface area contributed by atoms with Crippen LogP contribution in [-0.4, -0.2) is 16.6 Å². The number of amides is 1. The zero-order valence-corrected chi connectivity index (χ0v) is 7.00. The maximum atomic E-state index is 10.9. The van der Waals surface area contributed by atoms with Gasteiger partial charge in [-0.3, -0.25) is 4.79 Å². The van der Waals surface area contributed by atoms with Crippen molar-refractivity contribution in [2.75, 3.05) is 0 Å². The summed E-state index contributed by atoms with van der Waals surface area (Å²) in [5.74, 6) is -0.0215. The maximum Gasteiger partial charge on any atom is 0.249 e. The molecule has 3 nitrogen and oxygen atoms in total. The topological polar surface area (TPSA) is 63.3 Å². The second kappa shape index (κ2) is 2.48. The van der Waals surface area contributed by atoms with E-state index in [9.17, 15) is 9.90 Å². The van der Waals surface area contributed by atoms with Crippen LogP contribution in [0.4, 0.5) is 0 Å². The Labute approximate surface area is 66.6 Å². The first kappa shape index (κ1) is 8.53. The fraction of sp³-hybridized carbons (Fsp3) is 0.875. The van der Waals surface area contributed by atoms with E-state index in [0.29, 0.717) is 12.3 Å². The smallest absolute Gasteiger partial charge is 0.249 e. The standard InChI is InChI=1S/C8H15NO2/c1-3-8(11,7(9)10)6-4-5(6)2/h5-6,11H,3-4H2,1-2H3,(H2,9,10). The minimum absolute atomic E-state index is 0.102. The Bertz CT molecular complexity index is 181. The number of primary amides is 1. The third kappa shape index (κ3) is 1.25. The summed E-state index contributed by atoms with van der Waals surface area (Å²) in [7, 11) is 0. The first-order valence-electron chi connectivity index (χ1n) is 4.04. The number of aliphatic hydroxyl groups is 1. The molecule has 3 unspecified atom stereocenters. The molecule has 11 heavy (non-hydrogen) atoms. The number of carbonyl (C=O) groups excluding carboxylic acids is 1. The van der Waals surface area contributed by atoms with Gasteiger partial charge in [-0.1, -0.05) is 13.8 Å². The first-order valence-corrected chi connectivity index (χ1v) is 4.04. The average molecular weight is 157 g/mol.